The average molecular weight is 425 g/mol. The van der Waals surface area contributed by atoms with Crippen LogP contribution in [0.15, 0.2) is 70.6 Å². The Balaban J connectivity index is 1.55. The molecule has 3 aromatic rings. The van der Waals surface area contributed by atoms with Crippen molar-refractivity contribution in [1.82, 2.24) is 4.57 Å². The van der Waals surface area contributed by atoms with Gasteiger partial charge < -0.3 is 15.0 Å². The van der Waals surface area contributed by atoms with Crippen LogP contribution in [0.1, 0.15) is 29.7 Å². The maximum absolute atomic E-state index is 14.4. The van der Waals surface area contributed by atoms with Crippen LogP contribution >= 0.6 is 11.8 Å². The molecule has 1 saturated heterocycles. The monoisotopic (exact) mass is 424 g/mol. The molecule has 4 nitrogen and oxygen atoms in total. The van der Waals surface area contributed by atoms with Crippen LogP contribution in [-0.2, 0) is 21.5 Å². The van der Waals surface area contributed by atoms with E-state index in [1.54, 1.807) is 0 Å². The summed E-state index contributed by atoms with van der Waals surface area (Å²) in [6.07, 6.45) is 3.02. The highest BCUT2D eigenvalue weighted by Crippen LogP contribution is 2.38. The summed E-state index contributed by atoms with van der Waals surface area (Å²) >= 11 is 1.48. The Kier molecular flexibility index (Phi) is 5.97. The molecule has 1 aliphatic rings. The average Bonchev–Trinajstić information content (AvgIpc) is 3.14. The van der Waals surface area contributed by atoms with E-state index in [9.17, 15) is 9.18 Å². The molecular weight excluding hydrogens is 399 g/mol. The van der Waals surface area contributed by atoms with Gasteiger partial charge in [0.25, 0.3) is 0 Å². The maximum atomic E-state index is 14.4. The molecular formula is C24H25FN2O2S. The van der Waals surface area contributed by atoms with Gasteiger partial charge in [-0.2, -0.15) is 0 Å². The molecule has 1 amide bonds. The second-order valence-electron chi connectivity index (χ2n) is 7.76. The molecule has 0 atom stereocenters. The molecule has 2 N–H and O–H groups in total. The van der Waals surface area contributed by atoms with Gasteiger partial charge in [0.1, 0.15) is 5.82 Å². The van der Waals surface area contributed by atoms with E-state index in [1.165, 1.54) is 35.2 Å². The predicted molar refractivity (Wildman–Crippen MR) is 116 cm³/mol. The molecule has 2 aromatic carbocycles. The number of halogens is 1. The minimum Gasteiger partial charge on any atom is -0.381 e. The van der Waals surface area contributed by atoms with E-state index >= 15 is 0 Å². The summed E-state index contributed by atoms with van der Waals surface area (Å²) < 4.78 is 22.0. The van der Waals surface area contributed by atoms with Gasteiger partial charge in [0, 0.05) is 41.4 Å². The van der Waals surface area contributed by atoms with Crippen molar-refractivity contribution in [3.05, 3.63) is 83.4 Å². The van der Waals surface area contributed by atoms with E-state index in [0.29, 0.717) is 31.6 Å². The van der Waals surface area contributed by atoms with Crippen LogP contribution in [0.4, 0.5) is 4.39 Å². The zero-order valence-corrected chi connectivity index (χ0v) is 17.8. The first-order chi connectivity index (χ1) is 14.5. The summed E-state index contributed by atoms with van der Waals surface area (Å²) in [5.74, 6) is -0.779. The molecule has 0 spiro atoms. The molecule has 1 aromatic heterocycles. The number of carbonyl (C=O) groups is 1. The van der Waals surface area contributed by atoms with E-state index < -0.39 is 11.3 Å². The van der Waals surface area contributed by atoms with Gasteiger partial charge in [-0.1, -0.05) is 23.9 Å². The lowest BCUT2D eigenvalue weighted by atomic mass is 9.73. The van der Waals surface area contributed by atoms with Gasteiger partial charge in [0.05, 0.1) is 5.41 Å². The van der Waals surface area contributed by atoms with Crippen molar-refractivity contribution in [3.8, 4) is 0 Å². The van der Waals surface area contributed by atoms with E-state index in [-0.39, 0.29) is 5.82 Å². The summed E-state index contributed by atoms with van der Waals surface area (Å²) in [5, 5.41) is 0. The van der Waals surface area contributed by atoms with Gasteiger partial charge in [0.2, 0.25) is 5.91 Å². The van der Waals surface area contributed by atoms with Gasteiger partial charge >= 0.3 is 0 Å². The molecule has 1 aliphatic heterocycles. The Morgan fingerprint density at radius 3 is 2.50 bits per heavy atom. The molecule has 4 rings (SSSR count). The number of aromatic nitrogens is 1. The highest BCUT2D eigenvalue weighted by molar-refractivity contribution is 7.99. The highest BCUT2D eigenvalue weighted by atomic mass is 32.2. The number of rotatable bonds is 6. The van der Waals surface area contributed by atoms with Gasteiger partial charge in [0.15, 0.2) is 0 Å². The van der Waals surface area contributed by atoms with Crippen molar-refractivity contribution in [2.75, 3.05) is 13.2 Å². The molecule has 30 heavy (non-hydrogen) atoms. The Morgan fingerprint density at radius 2 is 1.87 bits per heavy atom. The predicted octanol–water partition coefficient (Wildman–Crippen LogP) is 4.67. The second kappa shape index (κ2) is 8.66. The molecule has 0 unspecified atom stereocenters. The maximum Gasteiger partial charge on any atom is 0.228 e. The van der Waals surface area contributed by atoms with Crippen molar-refractivity contribution >= 4 is 17.7 Å². The number of ether oxygens (including phenoxy) is 1. The standard InChI is InChI=1S/C24H25FN2O2S/c1-17-3-2-10-27(17)16-18-4-6-21(7-5-18)30-22-14-19(13-20(25)15-22)24(23(26)28)8-11-29-12-9-24/h2-7,10,13-15H,8-9,11-12,16H2,1H3,(H2,26,28). The number of hydrogen-bond acceptors (Lipinski definition) is 3. The fourth-order valence-corrected chi connectivity index (χ4v) is 4.87. The van der Waals surface area contributed by atoms with Crippen molar-refractivity contribution in [2.24, 2.45) is 5.73 Å². The third-order valence-electron chi connectivity index (χ3n) is 5.81. The summed E-state index contributed by atoms with van der Waals surface area (Å²) in [7, 11) is 0. The Hall–Kier alpha value is -2.57. The quantitative estimate of drug-likeness (QED) is 0.626. The van der Waals surface area contributed by atoms with Crippen molar-refractivity contribution in [3.63, 3.8) is 0 Å². The molecule has 156 valence electrons. The zero-order valence-electron chi connectivity index (χ0n) is 16.9. The SMILES string of the molecule is Cc1cccn1Cc1ccc(Sc2cc(F)cc(C3(C(N)=O)CCOCC3)c2)cc1. The van der Waals surface area contributed by atoms with Crippen LogP contribution in [0, 0.1) is 12.7 Å². The van der Waals surface area contributed by atoms with E-state index in [4.69, 9.17) is 10.5 Å². The molecule has 2 heterocycles. The van der Waals surface area contributed by atoms with Crippen LogP contribution in [0.25, 0.3) is 0 Å². The number of amides is 1. The van der Waals surface area contributed by atoms with Crippen LogP contribution in [0.3, 0.4) is 0 Å². The van der Waals surface area contributed by atoms with Crippen LogP contribution in [0.2, 0.25) is 0 Å². The van der Waals surface area contributed by atoms with Gasteiger partial charge in [-0.15, -0.1) is 0 Å². The lowest BCUT2D eigenvalue weighted by molar-refractivity contribution is -0.127. The number of nitrogens with two attached hydrogens (primary N) is 1. The molecule has 0 radical (unpaired) electrons. The van der Waals surface area contributed by atoms with Crippen LogP contribution < -0.4 is 5.73 Å². The minimum absolute atomic E-state index is 0.359. The molecule has 0 saturated carbocycles. The summed E-state index contributed by atoms with van der Waals surface area (Å²) in [6, 6.07) is 17.2. The van der Waals surface area contributed by atoms with Crippen molar-refractivity contribution in [2.45, 2.75) is 41.5 Å². The number of benzene rings is 2. The third-order valence-corrected chi connectivity index (χ3v) is 6.79. The Labute approximate surface area is 180 Å². The smallest absolute Gasteiger partial charge is 0.228 e. The number of nitrogens with zero attached hydrogens (tertiary/aromatic N) is 1. The highest BCUT2D eigenvalue weighted by Gasteiger charge is 2.40. The van der Waals surface area contributed by atoms with Gasteiger partial charge in [-0.3, -0.25) is 4.79 Å². The van der Waals surface area contributed by atoms with Gasteiger partial charge in [-0.25, -0.2) is 4.39 Å². The lowest BCUT2D eigenvalue weighted by Gasteiger charge is -2.34. The first-order valence-electron chi connectivity index (χ1n) is 10.0. The van der Waals surface area contributed by atoms with Gasteiger partial charge in [-0.05, 0) is 73.4 Å². The van der Waals surface area contributed by atoms with E-state index in [0.717, 1.165) is 16.3 Å². The number of carbonyl (C=O) groups excluding carboxylic acids is 1. The number of hydrogen-bond donors (Lipinski definition) is 1. The van der Waals surface area contributed by atoms with E-state index in [2.05, 4.69) is 35.9 Å². The minimum atomic E-state index is -0.867. The van der Waals surface area contributed by atoms with E-state index in [1.807, 2.05) is 24.3 Å². The summed E-state index contributed by atoms with van der Waals surface area (Å²) in [5.41, 5.74) is 7.94. The zero-order chi connectivity index (χ0) is 21.1. The number of primary amides is 1. The number of aryl methyl sites for hydroxylation is 1. The molecule has 6 heteroatoms. The fourth-order valence-electron chi connectivity index (χ4n) is 3.97. The summed E-state index contributed by atoms with van der Waals surface area (Å²) in [4.78, 5) is 14.1. The Morgan fingerprint density at radius 1 is 1.13 bits per heavy atom. The first-order valence-corrected chi connectivity index (χ1v) is 10.9. The first kappa shape index (κ1) is 20.7. The largest absolute Gasteiger partial charge is 0.381 e. The van der Waals surface area contributed by atoms with Crippen molar-refractivity contribution in [1.29, 1.82) is 0 Å². The summed E-state index contributed by atoms with van der Waals surface area (Å²) in [6.45, 7) is 3.80. The second-order valence-corrected chi connectivity index (χ2v) is 8.90. The molecule has 1 fully saturated rings. The molecule has 0 aliphatic carbocycles. The topological polar surface area (TPSA) is 57.2 Å². The Bertz CT molecular complexity index is 1040. The normalized spacial score (nSPS) is 15.8. The van der Waals surface area contributed by atoms with Crippen LogP contribution in [-0.4, -0.2) is 23.7 Å². The lowest BCUT2D eigenvalue weighted by Crippen LogP contribution is -2.45. The van der Waals surface area contributed by atoms with Crippen molar-refractivity contribution < 1.29 is 13.9 Å². The van der Waals surface area contributed by atoms with Crippen LogP contribution in [0.5, 0.6) is 0 Å². The fraction of sp³-hybridized carbons (Fsp3) is 0.292. The molecule has 0 bridgehead atoms. The third kappa shape index (κ3) is 4.30.